The summed E-state index contributed by atoms with van der Waals surface area (Å²) in [5.41, 5.74) is 2.23. The third-order valence-electron chi connectivity index (χ3n) is 4.68. The van der Waals surface area contributed by atoms with Gasteiger partial charge in [-0.15, -0.1) is 11.3 Å². The van der Waals surface area contributed by atoms with Crippen molar-refractivity contribution in [2.45, 2.75) is 39.7 Å². The Hall–Kier alpha value is -2.54. The highest BCUT2D eigenvalue weighted by atomic mass is 32.1. The molecule has 0 aliphatic heterocycles. The Kier molecular flexibility index (Phi) is 5.03. The fraction of sp³-hybridized carbons (Fsp3) is 0.400. The topological polar surface area (TPSA) is 72.8 Å². The summed E-state index contributed by atoms with van der Waals surface area (Å²) in [7, 11) is 0. The minimum Gasteiger partial charge on any atom is -0.477 e. The van der Waals surface area contributed by atoms with Crippen molar-refractivity contribution >= 4 is 17.2 Å². The van der Waals surface area contributed by atoms with E-state index in [0.29, 0.717) is 36.7 Å². The van der Waals surface area contributed by atoms with Gasteiger partial charge in [-0.1, -0.05) is 6.07 Å². The zero-order chi connectivity index (χ0) is 18.8. The maximum Gasteiger partial charge on any atom is 0.218 e. The summed E-state index contributed by atoms with van der Waals surface area (Å²) in [5, 5.41) is 4.45. The van der Waals surface area contributed by atoms with Gasteiger partial charge in [0, 0.05) is 34.7 Å². The number of rotatable bonds is 7. The van der Waals surface area contributed by atoms with E-state index in [1.165, 1.54) is 4.88 Å². The van der Waals surface area contributed by atoms with Crippen molar-refractivity contribution in [3.05, 3.63) is 57.6 Å². The average molecular weight is 382 g/mol. The number of nitrogens with zero attached hydrogens (tertiary/aromatic N) is 4. The Morgan fingerprint density at radius 1 is 1.19 bits per heavy atom. The second-order valence-electron chi connectivity index (χ2n) is 6.90. The number of hydrogen-bond acceptors (Lipinski definition) is 7. The Labute approximate surface area is 163 Å². The van der Waals surface area contributed by atoms with Crippen LogP contribution in [0.3, 0.4) is 0 Å². The third-order valence-corrected chi connectivity index (χ3v) is 5.75. The molecule has 6 nitrogen and oxygen atoms in total. The number of nitrogens with one attached hydrogen (secondary N) is 1. The van der Waals surface area contributed by atoms with E-state index in [2.05, 4.69) is 31.3 Å². The summed E-state index contributed by atoms with van der Waals surface area (Å²) in [5.74, 6) is 3.11. The molecule has 0 saturated heterocycles. The molecule has 7 heteroatoms. The molecule has 0 unspecified atom stereocenters. The minimum absolute atomic E-state index is 0.504. The highest BCUT2D eigenvalue weighted by Crippen LogP contribution is 2.46. The molecule has 0 amide bonds. The number of anilines is 1. The summed E-state index contributed by atoms with van der Waals surface area (Å²) in [6.07, 6.45) is 2.97. The van der Waals surface area contributed by atoms with Gasteiger partial charge >= 0.3 is 0 Å². The summed E-state index contributed by atoms with van der Waals surface area (Å²) in [6.45, 7) is 7.31. The molecule has 3 aromatic heterocycles. The highest BCUT2D eigenvalue weighted by molar-refractivity contribution is 7.11. The Morgan fingerprint density at radius 2 is 2.07 bits per heavy atom. The minimum atomic E-state index is 0.504. The lowest BCUT2D eigenvalue weighted by Crippen LogP contribution is -2.07. The quantitative estimate of drug-likeness (QED) is 0.666. The Morgan fingerprint density at radius 3 is 2.81 bits per heavy atom. The first-order valence-corrected chi connectivity index (χ1v) is 9.96. The Bertz CT molecular complexity index is 927. The van der Waals surface area contributed by atoms with Crippen molar-refractivity contribution in [3.63, 3.8) is 0 Å². The van der Waals surface area contributed by atoms with Crippen LogP contribution in [0.1, 0.15) is 39.4 Å². The van der Waals surface area contributed by atoms with Crippen molar-refractivity contribution in [2.75, 3.05) is 11.9 Å². The normalized spacial score (nSPS) is 18.3. The van der Waals surface area contributed by atoms with Crippen molar-refractivity contribution in [1.82, 2.24) is 19.9 Å². The molecule has 2 atom stereocenters. The summed E-state index contributed by atoms with van der Waals surface area (Å²) >= 11 is 1.71. The molecule has 0 radical (unpaired) electrons. The van der Waals surface area contributed by atoms with Crippen molar-refractivity contribution in [3.8, 4) is 5.88 Å². The van der Waals surface area contributed by atoms with E-state index < -0.39 is 0 Å². The number of aryl methyl sites for hydroxylation is 3. The molecule has 1 N–H and O–H groups in total. The Balaban J connectivity index is 1.34. The first-order valence-electron chi connectivity index (χ1n) is 9.14. The molecule has 1 aliphatic rings. The van der Waals surface area contributed by atoms with Crippen LogP contribution >= 0.6 is 11.3 Å². The fourth-order valence-electron chi connectivity index (χ4n) is 3.19. The largest absolute Gasteiger partial charge is 0.477 e. The van der Waals surface area contributed by atoms with Gasteiger partial charge in [0.05, 0.1) is 23.9 Å². The molecule has 27 heavy (non-hydrogen) atoms. The molecule has 140 valence electrons. The monoisotopic (exact) mass is 381 g/mol. The lowest BCUT2D eigenvalue weighted by molar-refractivity contribution is 0.284. The van der Waals surface area contributed by atoms with Crippen molar-refractivity contribution in [1.29, 1.82) is 0 Å². The van der Waals surface area contributed by atoms with Crippen LogP contribution in [-0.2, 0) is 6.54 Å². The second kappa shape index (κ2) is 7.60. The SMILES string of the molecule is Cc1nc(NCc2sc(C)nc2C)cc(OC[C@H]2C[C@@H]2c2ccccn2)n1. The first kappa shape index (κ1) is 17.9. The van der Waals surface area contributed by atoms with Crippen LogP contribution in [0.25, 0.3) is 0 Å². The summed E-state index contributed by atoms with van der Waals surface area (Å²) in [4.78, 5) is 19.0. The number of aromatic nitrogens is 4. The van der Waals surface area contributed by atoms with Gasteiger partial charge in [-0.05, 0) is 39.3 Å². The zero-order valence-electron chi connectivity index (χ0n) is 15.8. The van der Waals surface area contributed by atoms with Crippen LogP contribution in [-0.4, -0.2) is 26.5 Å². The van der Waals surface area contributed by atoms with Gasteiger partial charge in [0.1, 0.15) is 11.6 Å². The lowest BCUT2D eigenvalue weighted by atomic mass is 10.2. The molecule has 0 aromatic carbocycles. The third kappa shape index (κ3) is 4.42. The lowest BCUT2D eigenvalue weighted by Gasteiger charge is -2.09. The van der Waals surface area contributed by atoms with E-state index in [0.717, 1.165) is 28.6 Å². The predicted octanol–water partition coefficient (Wildman–Crippen LogP) is 4.05. The van der Waals surface area contributed by atoms with E-state index in [1.54, 1.807) is 11.3 Å². The summed E-state index contributed by atoms with van der Waals surface area (Å²) in [6, 6.07) is 7.94. The molecule has 4 rings (SSSR count). The van der Waals surface area contributed by atoms with E-state index in [9.17, 15) is 0 Å². The molecular weight excluding hydrogens is 358 g/mol. The number of hydrogen-bond donors (Lipinski definition) is 1. The molecule has 0 spiro atoms. The van der Waals surface area contributed by atoms with Gasteiger partial charge in [0.25, 0.3) is 0 Å². The molecule has 0 bridgehead atoms. The van der Waals surface area contributed by atoms with Gasteiger partial charge < -0.3 is 10.1 Å². The molecule has 1 saturated carbocycles. The van der Waals surface area contributed by atoms with Crippen LogP contribution in [0.5, 0.6) is 5.88 Å². The van der Waals surface area contributed by atoms with Gasteiger partial charge in [-0.3, -0.25) is 4.98 Å². The second-order valence-corrected chi connectivity index (χ2v) is 8.19. The van der Waals surface area contributed by atoms with E-state index in [4.69, 9.17) is 4.74 Å². The standard InChI is InChI=1S/C20H23N5OS/c1-12-18(27-14(3)23-12)10-22-19-9-20(25-13(2)24-19)26-11-15-8-16(15)17-6-4-5-7-21-17/h4-7,9,15-16H,8,10-11H2,1-3H3,(H,22,24,25)/t15-,16+/m1/s1. The predicted molar refractivity (Wildman–Crippen MR) is 106 cm³/mol. The van der Waals surface area contributed by atoms with Crippen molar-refractivity contribution < 1.29 is 4.74 Å². The van der Waals surface area contributed by atoms with Crippen LogP contribution in [0, 0.1) is 26.7 Å². The van der Waals surface area contributed by atoms with Crippen LogP contribution in [0.2, 0.25) is 0 Å². The van der Waals surface area contributed by atoms with Gasteiger partial charge in [0.15, 0.2) is 0 Å². The van der Waals surface area contributed by atoms with E-state index >= 15 is 0 Å². The first-order chi connectivity index (χ1) is 13.1. The number of pyridine rings is 1. The van der Waals surface area contributed by atoms with Crippen LogP contribution in [0.4, 0.5) is 5.82 Å². The van der Waals surface area contributed by atoms with Crippen molar-refractivity contribution in [2.24, 2.45) is 5.92 Å². The maximum absolute atomic E-state index is 5.95. The summed E-state index contributed by atoms with van der Waals surface area (Å²) < 4.78 is 5.95. The highest BCUT2D eigenvalue weighted by Gasteiger charge is 2.39. The number of thiazole rings is 1. The maximum atomic E-state index is 5.95. The zero-order valence-corrected chi connectivity index (χ0v) is 16.6. The van der Waals surface area contributed by atoms with Crippen LogP contribution in [0.15, 0.2) is 30.5 Å². The van der Waals surface area contributed by atoms with Gasteiger partial charge in [-0.2, -0.15) is 4.98 Å². The van der Waals surface area contributed by atoms with Gasteiger partial charge in [-0.25, -0.2) is 9.97 Å². The molecule has 3 aromatic rings. The van der Waals surface area contributed by atoms with E-state index in [1.807, 2.05) is 45.2 Å². The fourth-order valence-corrected chi connectivity index (χ4v) is 4.07. The molecule has 3 heterocycles. The van der Waals surface area contributed by atoms with E-state index in [-0.39, 0.29) is 0 Å². The number of ether oxygens (including phenoxy) is 1. The van der Waals surface area contributed by atoms with Gasteiger partial charge in [0.2, 0.25) is 5.88 Å². The molecule has 1 aliphatic carbocycles. The average Bonchev–Trinajstić information content (AvgIpc) is 3.36. The molecular formula is C20H23N5OS. The smallest absolute Gasteiger partial charge is 0.218 e. The molecule has 1 fully saturated rings. The van der Waals surface area contributed by atoms with Crippen LogP contribution < -0.4 is 10.1 Å².